The SMILES string of the molecule is Cn1c(=O)c2c(n(CCCC#N)c1=O)N=C(Cl)C2. The molecule has 0 N–H and O–H groups in total. The van der Waals surface area contributed by atoms with E-state index in [1.807, 2.05) is 6.07 Å². The van der Waals surface area contributed by atoms with Crippen LogP contribution in [0.25, 0.3) is 0 Å². The molecule has 0 aromatic carbocycles. The third-order valence-electron chi connectivity index (χ3n) is 2.83. The van der Waals surface area contributed by atoms with Crippen molar-refractivity contribution < 1.29 is 0 Å². The summed E-state index contributed by atoms with van der Waals surface area (Å²) in [5.74, 6) is 0.339. The van der Waals surface area contributed by atoms with Crippen LogP contribution in [0.2, 0.25) is 0 Å². The first-order valence-electron chi connectivity index (χ1n) is 5.49. The highest BCUT2D eigenvalue weighted by Gasteiger charge is 2.23. The van der Waals surface area contributed by atoms with Crippen LogP contribution in [0.15, 0.2) is 14.6 Å². The number of unbranched alkanes of at least 4 members (excludes halogenated alkanes) is 1. The summed E-state index contributed by atoms with van der Waals surface area (Å²) >= 11 is 5.82. The smallest absolute Gasteiger partial charge is 0.278 e. The quantitative estimate of drug-likeness (QED) is 0.755. The second kappa shape index (κ2) is 4.78. The van der Waals surface area contributed by atoms with Crippen molar-refractivity contribution in [2.24, 2.45) is 12.0 Å². The highest BCUT2D eigenvalue weighted by molar-refractivity contribution is 6.66. The summed E-state index contributed by atoms with van der Waals surface area (Å²) in [6.07, 6.45) is 1.15. The molecule has 0 amide bonds. The number of aromatic nitrogens is 2. The monoisotopic (exact) mass is 266 g/mol. The van der Waals surface area contributed by atoms with Gasteiger partial charge in [-0.15, -0.1) is 0 Å². The zero-order valence-corrected chi connectivity index (χ0v) is 10.6. The van der Waals surface area contributed by atoms with E-state index in [0.717, 1.165) is 4.57 Å². The maximum atomic E-state index is 12.0. The molecular weight excluding hydrogens is 256 g/mol. The molecule has 6 nitrogen and oxygen atoms in total. The predicted molar refractivity (Wildman–Crippen MR) is 67.4 cm³/mol. The lowest BCUT2D eigenvalue weighted by Crippen LogP contribution is -2.39. The Morgan fingerprint density at radius 1 is 1.50 bits per heavy atom. The highest BCUT2D eigenvalue weighted by atomic mass is 35.5. The van der Waals surface area contributed by atoms with Crippen LogP contribution in [0.5, 0.6) is 0 Å². The molecule has 0 saturated carbocycles. The molecule has 0 bridgehead atoms. The maximum absolute atomic E-state index is 12.0. The Morgan fingerprint density at radius 2 is 2.22 bits per heavy atom. The Morgan fingerprint density at radius 3 is 2.89 bits per heavy atom. The molecule has 1 aliphatic heterocycles. The second-order valence-corrected chi connectivity index (χ2v) is 4.46. The van der Waals surface area contributed by atoms with Gasteiger partial charge in [-0.3, -0.25) is 13.9 Å². The van der Waals surface area contributed by atoms with E-state index in [1.54, 1.807) is 0 Å². The maximum Gasteiger partial charge on any atom is 0.332 e. The molecule has 0 spiro atoms. The Balaban J connectivity index is 2.56. The summed E-state index contributed by atoms with van der Waals surface area (Å²) in [7, 11) is 1.43. The van der Waals surface area contributed by atoms with Gasteiger partial charge in [0, 0.05) is 26.4 Å². The highest BCUT2D eigenvalue weighted by Crippen LogP contribution is 2.23. The van der Waals surface area contributed by atoms with Gasteiger partial charge in [-0.2, -0.15) is 5.26 Å². The minimum Gasteiger partial charge on any atom is -0.278 e. The average molecular weight is 267 g/mol. The number of nitriles is 1. The van der Waals surface area contributed by atoms with Gasteiger partial charge in [0.2, 0.25) is 0 Å². The van der Waals surface area contributed by atoms with Crippen molar-refractivity contribution in [3.05, 3.63) is 26.4 Å². The molecule has 0 unspecified atom stereocenters. The van der Waals surface area contributed by atoms with Crippen LogP contribution < -0.4 is 11.2 Å². The molecule has 1 aliphatic rings. The number of fused-ring (bicyclic) bond motifs is 1. The van der Waals surface area contributed by atoms with Crippen molar-refractivity contribution in [1.29, 1.82) is 5.26 Å². The van der Waals surface area contributed by atoms with Crippen molar-refractivity contribution in [1.82, 2.24) is 9.13 Å². The zero-order valence-electron chi connectivity index (χ0n) is 9.81. The molecule has 0 radical (unpaired) electrons. The number of nitrogens with zero attached hydrogens (tertiary/aromatic N) is 4. The van der Waals surface area contributed by atoms with Crippen molar-refractivity contribution in [3.63, 3.8) is 0 Å². The van der Waals surface area contributed by atoms with Gasteiger partial charge in [0.05, 0.1) is 11.6 Å². The zero-order chi connectivity index (χ0) is 13.3. The van der Waals surface area contributed by atoms with Gasteiger partial charge < -0.3 is 0 Å². The first-order valence-corrected chi connectivity index (χ1v) is 5.86. The van der Waals surface area contributed by atoms with Gasteiger partial charge in [0.15, 0.2) is 0 Å². The van der Waals surface area contributed by atoms with E-state index in [4.69, 9.17) is 16.9 Å². The van der Waals surface area contributed by atoms with Gasteiger partial charge in [-0.05, 0) is 6.42 Å². The summed E-state index contributed by atoms with van der Waals surface area (Å²) in [4.78, 5) is 27.9. The molecule has 0 aliphatic carbocycles. The Labute approximate surface area is 108 Å². The summed E-state index contributed by atoms with van der Waals surface area (Å²) in [6, 6.07) is 2.01. The largest absolute Gasteiger partial charge is 0.332 e. The minimum absolute atomic E-state index is 0.266. The fraction of sp³-hybridized carbons (Fsp3) is 0.455. The van der Waals surface area contributed by atoms with Crippen molar-refractivity contribution >= 4 is 22.6 Å². The number of aliphatic imine (C=N–C) groups is 1. The van der Waals surface area contributed by atoms with Crippen molar-refractivity contribution in [2.75, 3.05) is 0 Å². The molecule has 1 aromatic rings. The van der Waals surface area contributed by atoms with E-state index in [1.165, 1.54) is 11.6 Å². The standard InChI is InChI=1S/C11H11ClN4O2/c1-15-10(17)7-6-8(12)14-9(7)16(11(15)18)5-3-2-4-13/h2-3,5-6H2,1H3. The fourth-order valence-corrected chi connectivity index (χ4v) is 2.13. The molecule has 94 valence electrons. The summed E-state index contributed by atoms with van der Waals surface area (Å²) < 4.78 is 2.46. The van der Waals surface area contributed by atoms with E-state index < -0.39 is 5.69 Å². The van der Waals surface area contributed by atoms with Crippen LogP contribution >= 0.6 is 11.6 Å². The molecule has 2 rings (SSSR count). The van der Waals surface area contributed by atoms with Crippen LogP contribution in [0.4, 0.5) is 5.82 Å². The van der Waals surface area contributed by atoms with Gasteiger partial charge in [0.1, 0.15) is 11.0 Å². The molecule has 2 heterocycles. The van der Waals surface area contributed by atoms with Crippen LogP contribution in [0, 0.1) is 11.3 Å². The van der Waals surface area contributed by atoms with E-state index in [0.29, 0.717) is 35.9 Å². The van der Waals surface area contributed by atoms with Crippen LogP contribution in [0.1, 0.15) is 18.4 Å². The Hall–Kier alpha value is -1.87. The van der Waals surface area contributed by atoms with E-state index in [-0.39, 0.29) is 12.0 Å². The lowest BCUT2D eigenvalue weighted by Gasteiger charge is -2.10. The first kappa shape index (κ1) is 12.6. The molecular formula is C11H11ClN4O2. The topological polar surface area (TPSA) is 80.1 Å². The van der Waals surface area contributed by atoms with Crippen molar-refractivity contribution in [3.8, 4) is 6.07 Å². The Bertz CT molecular complexity index is 678. The molecule has 1 aromatic heterocycles. The Kier molecular flexibility index (Phi) is 3.34. The predicted octanol–water partition coefficient (Wildman–Crippen LogP) is 0.676. The summed E-state index contributed by atoms with van der Waals surface area (Å²) in [5, 5.41) is 8.81. The van der Waals surface area contributed by atoms with Gasteiger partial charge in [-0.1, -0.05) is 11.6 Å². The molecule has 0 saturated heterocycles. The van der Waals surface area contributed by atoms with Gasteiger partial charge in [-0.25, -0.2) is 9.79 Å². The molecule has 7 heteroatoms. The van der Waals surface area contributed by atoms with Crippen LogP contribution in [0.3, 0.4) is 0 Å². The number of hydrogen-bond donors (Lipinski definition) is 0. The third-order valence-corrected chi connectivity index (χ3v) is 3.04. The van der Waals surface area contributed by atoms with Gasteiger partial charge in [0.25, 0.3) is 5.56 Å². The first-order chi connectivity index (χ1) is 8.56. The normalized spacial score (nSPS) is 13.1. The summed E-state index contributed by atoms with van der Waals surface area (Å²) in [6.45, 7) is 0.358. The molecule has 0 fully saturated rings. The fourth-order valence-electron chi connectivity index (χ4n) is 1.92. The number of halogens is 1. The van der Waals surface area contributed by atoms with Gasteiger partial charge >= 0.3 is 5.69 Å². The van der Waals surface area contributed by atoms with E-state index in [2.05, 4.69) is 4.99 Å². The lowest BCUT2D eigenvalue weighted by atomic mass is 10.2. The summed E-state index contributed by atoms with van der Waals surface area (Å²) in [5.41, 5.74) is -0.336. The van der Waals surface area contributed by atoms with E-state index >= 15 is 0 Å². The lowest BCUT2D eigenvalue weighted by molar-refractivity contribution is 0.579. The average Bonchev–Trinajstić information content (AvgIpc) is 2.73. The molecule has 18 heavy (non-hydrogen) atoms. The van der Waals surface area contributed by atoms with E-state index in [9.17, 15) is 9.59 Å². The number of hydrogen-bond acceptors (Lipinski definition) is 4. The third kappa shape index (κ3) is 1.97. The molecule has 0 atom stereocenters. The van der Waals surface area contributed by atoms with Crippen molar-refractivity contribution in [2.45, 2.75) is 25.8 Å². The second-order valence-electron chi connectivity index (χ2n) is 4.03. The van der Waals surface area contributed by atoms with Crippen LogP contribution in [-0.2, 0) is 20.0 Å². The van der Waals surface area contributed by atoms with Crippen LogP contribution in [-0.4, -0.2) is 14.3 Å². The number of rotatable bonds is 3. The minimum atomic E-state index is -0.424.